The lowest BCUT2D eigenvalue weighted by Gasteiger charge is -2.14. The van der Waals surface area contributed by atoms with E-state index >= 15 is 0 Å². The van der Waals surface area contributed by atoms with Gasteiger partial charge in [0.2, 0.25) is 5.91 Å². The van der Waals surface area contributed by atoms with Crippen LogP contribution in [0.15, 0.2) is 24.3 Å². The second-order valence-corrected chi connectivity index (χ2v) is 4.81. The van der Waals surface area contributed by atoms with Crippen LogP contribution in [0.2, 0.25) is 0 Å². The molecule has 5 nitrogen and oxygen atoms in total. The molecule has 1 aliphatic heterocycles. The number of hydrogen-bond donors (Lipinski definition) is 2. The molecule has 0 aliphatic carbocycles. The fourth-order valence-electron chi connectivity index (χ4n) is 2.11. The van der Waals surface area contributed by atoms with E-state index in [1.54, 1.807) is 12.1 Å². The Kier molecular flexibility index (Phi) is 4.16. The highest BCUT2D eigenvalue weighted by atomic mass is 16.5. The Bertz CT molecular complexity index is 469. The van der Waals surface area contributed by atoms with Crippen molar-refractivity contribution < 1.29 is 19.4 Å². The zero-order chi connectivity index (χ0) is 13.8. The molecule has 5 heteroatoms. The Hall–Kier alpha value is -1.88. The van der Waals surface area contributed by atoms with Crippen LogP contribution >= 0.6 is 0 Å². The van der Waals surface area contributed by atoms with Gasteiger partial charge in [0.25, 0.3) is 0 Å². The number of carbonyl (C=O) groups excluding carboxylic acids is 1. The lowest BCUT2D eigenvalue weighted by atomic mass is 10.0. The van der Waals surface area contributed by atoms with Crippen molar-refractivity contribution >= 4 is 17.6 Å². The number of nitrogens with one attached hydrogen (secondary N) is 1. The number of amides is 1. The average molecular weight is 263 g/mol. The van der Waals surface area contributed by atoms with Crippen LogP contribution in [-0.4, -0.2) is 29.7 Å². The Morgan fingerprint density at radius 1 is 1.37 bits per heavy atom. The first-order valence-electron chi connectivity index (χ1n) is 6.31. The molecule has 2 N–H and O–H groups in total. The summed E-state index contributed by atoms with van der Waals surface area (Å²) in [5.74, 6) is -0.687. The van der Waals surface area contributed by atoms with Crippen molar-refractivity contribution in [3.63, 3.8) is 0 Å². The first kappa shape index (κ1) is 13.5. The number of ether oxygens (including phenoxy) is 1. The van der Waals surface area contributed by atoms with E-state index in [0.29, 0.717) is 24.6 Å². The summed E-state index contributed by atoms with van der Waals surface area (Å²) in [6.45, 7) is 2.79. The van der Waals surface area contributed by atoms with Crippen molar-refractivity contribution in [2.24, 2.45) is 5.92 Å². The van der Waals surface area contributed by atoms with Crippen molar-refractivity contribution in [2.75, 3.05) is 11.9 Å². The molecule has 1 heterocycles. The van der Waals surface area contributed by atoms with E-state index in [4.69, 9.17) is 9.84 Å². The molecule has 102 valence electrons. The van der Waals surface area contributed by atoms with Gasteiger partial charge >= 0.3 is 5.97 Å². The van der Waals surface area contributed by atoms with Crippen molar-refractivity contribution in [1.29, 1.82) is 0 Å². The summed E-state index contributed by atoms with van der Waals surface area (Å²) in [4.78, 5) is 22.5. The topological polar surface area (TPSA) is 75.6 Å². The highest BCUT2D eigenvalue weighted by Gasteiger charge is 2.26. The molecule has 0 spiro atoms. The summed E-state index contributed by atoms with van der Waals surface area (Å²) in [5, 5.41) is 11.5. The predicted octanol–water partition coefficient (Wildman–Crippen LogP) is 2.14. The molecule has 0 aromatic heterocycles. The Balaban J connectivity index is 1.89. The van der Waals surface area contributed by atoms with E-state index in [1.807, 2.05) is 0 Å². The number of rotatable bonds is 4. The van der Waals surface area contributed by atoms with Crippen LogP contribution < -0.4 is 5.32 Å². The van der Waals surface area contributed by atoms with Gasteiger partial charge < -0.3 is 15.2 Å². The molecule has 2 rings (SSSR count). The maximum absolute atomic E-state index is 11.8. The van der Waals surface area contributed by atoms with E-state index in [0.717, 1.165) is 6.42 Å². The van der Waals surface area contributed by atoms with Gasteiger partial charge in [-0.25, -0.2) is 4.79 Å². The Morgan fingerprint density at radius 3 is 2.58 bits per heavy atom. The molecule has 1 aromatic rings. The summed E-state index contributed by atoms with van der Waals surface area (Å²) in [6.07, 6.45) is 1.31. The quantitative estimate of drug-likeness (QED) is 0.872. The van der Waals surface area contributed by atoms with Crippen LogP contribution in [0.25, 0.3) is 0 Å². The first-order valence-corrected chi connectivity index (χ1v) is 6.31. The van der Waals surface area contributed by atoms with Gasteiger partial charge in [0.1, 0.15) is 0 Å². The van der Waals surface area contributed by atoms with Gasteiger partial charge in [0.05, 0.1) is 18.1 Å². The SMILES string of the molecule is CC1CCOC1CC(=O)Nc1ccc(C(=O)O)cc1. The van der Waals surface area contributed by atoms with Crippen LogP contribution in [0.5, 0.6) is 0 Å². The molecule has 0 radical (unpaired) electrons. The van der Waals surface area contributed by atoms with Crippen LogP contribution in [0.4, 0.5) is 5.69 Å². The number of benzene rings is 1. The van der Waals surface area contributed by atoms with E-state index in [9.17, 15) is 9.59 Å². The highest BCUT2D eigenvalue weighted by Crippen LogP contribution is 2.23. The van der Waals surface area contributed by atoms with Crippen LogP contribution in [0.3, 0.4) is 0 Å². The summed E-state index contributed by atoms with van der Waals surface area (Å²) in [5.41, 5.74) is 0.798. The second kappa shape index (κ2) is 5.84. The maximum Gasteiger partial charge on any atom is 0.335 e. The number of hydrogen-bond acceptors (Lipinski definition) is 3. The Morgan fingerprint density at radius 2 is 2.05 bits per heavy atom. The van der Waals surface area contributed by atoms with Gasteiger partial charge in [-0.1, -0.05) is 6.92 Å². The smallest absolute Gasteiger partial charge is 0.335 e. The normalized spacial score (nSPS) is 22.2. The summed E-state index contributed by atoms with van der Waals surface area (Å²) in [6, 6.07) is 6.10. The van der Waals surface area contributed by atoms with Crippen molar-refractivity contribution in [3.05, 3.63) is 29.8 Å². The number of carboxylic acids is 1. The van der Waals surface area contributed by atoms with Crippen LogP contribution in [-0.2, 0) is 9.53 Å². The number of anilines is 1. The molecule has 1 fully saturated rings. The van der Waals surface area contributed by atoms with Crippen LogP contribution in [0, 0.1) is 5.92 Å². The number of carboxylic acid groups (broad SMARTS) is 1. The molecule has 2 atom stereocenters. The summed E-state index contributed by atoms with van der Waals surface area (Å²) < 4.78 is 5.49. The second-order valence-electron chi connectivity index (χ2n) is 4.81. The molecule has 1 saturated heterocycles. The molecule has 1 amide bonds. The third-order valence-electron chi connectivity index (χ3n) is 3.34. The molecule has 0 saturated carbocycles. The molecule has 2 unspecified atom stereocenters. The predicted molar refractivity (Wildman–Crippen MR) is 70.2 cm³/mol. The van der Waals surface area contributed by atoms with Gasteiger partial charge in [0.15, 0.2) is 0 Å². The van der Waals surface area contributed by atoms with Gasteiger partial charge in [-0.2, -0.15) is 0 Å². The van der Waals surface area contributed by atoms with E-state index in [-0.39, 0.29) is 17.6 Å². The van der Waals surface area contributed by atoms with Gasteiger partial charge in [-0.15, -0.1) is 0 Å². The molecular formula is C14H17NO4. The van der Waals surface area contributed by atoms with Crippen LogP contribution in [0.1, 0.15) is 30.1 Å². The minimum Gasteiger partial charge on any atom is -0.478 e. The standard InChI is InChI=1S/C14H17NO4/c1-9-6-7-19-12(9)8-13(16)15-11-4-2-10(3-5-11)14(17)18/h2-5,9,12H,6-8H2,1H3,(H,15,16)(H,17,18). The third kappa shape index (κ3) is 3.54. The fourth-order valence-corrected chi connectivity index (χ4v) is 2.11. The van der Waals surface area contributed by atoms with Gasteiger partial charge in [0, 0.05) is 12.3 Å². The first-order chi connectivity index (χ1) is 9.06. The zero-order valence-electron chi connectivity index (χ0n) is 10.8. The number of carbonyl (C=O) groups is 2. The van der Waals surface area contributed by atoms with Gasteiger partial charge in [-0.3, -0.25) is 4.79 Å². The van der Waals surface area contributed by atoms with Crippen molar-refractivity contribution in [1.82, 2.24) is 0 Å². The largest absolute Gasteiger partial charge is 0.478 e. The highest BCUT2D eigenvalue weighted by molar-refractivity contribution is 5.92. The minimum atomic E-state index is -0.981. The summed E-state index contributed by atoms with van der Waals surface area (Å²) >= 11 is 0. The summed E-state index contributed by atoms with van der Waals surface area (Å²) in [7, 11) is 0. The average Bonchev–Trinajstić information content (AvgIpc) is 2.75. The monoisotopic (exact) mass is 263 g/mol. The van der Waals surface area contributed by atoms with Crippen molar-refractivity contribution in [2.45, 2.75) is 25.9 Å². The fraction of sp³-hybridized carbons (Fsp3) is 0.429. The number of aromatic carboxylic acids is 1. The lowest BCUT2D eigenvalue weighted by molar-refractivity contribution is -0.118. The maximum atomic E-state index is 11.8. The molecule has 1 aliphatic rings. The Labute approximate surface area is 111 Å². The molecule has 0 bridgehead atoms. The zero-order valence-corrected chi connectivity index (χ0v) is 10.8. The lowest BCUT2D eigenvalue weighted by Crippen LogP contribution is -2.23. The molecule has 1 aromatic carbocycles. The minimum absolute atomic E-state index is 0.0155. The van der Waals surface area contributed by atoms with E-state index in [1.165, 1.54) is 12.1 Å². The van der Waals surface area contributed by atoms with Gasteiger partial charge in [-0.05, 0) is 36.6 Å². The third-order valence-corrected chi connectivity index (χ3v) is 3.34. The van der Waals surface area contributed by atoms with E-state index < -0.39 is 5.97 Å². The van der Waals surface area contributed by atoms with Crippen molar-refractivity contribution in [3.8, 4) is 0 Å². The molecular weight excluding hydrogens is 246 g/mol. The van der Waals surface area contributed by atoms with E-state index in [2.05, 4.69) is 12.2 Å². The molecule has 19 heavy (non-hydrogen) atoms.